The number of rotatable bonds is 2. The van der Waals surface area contributed by atoms with Gasteiger partial charge in [0.15, 0.2) is 0 Å². The fourth-order valence-corrected chi connectivity index (χ4v) is 1.37. The highest BCUT2D eigenvalue weighted by Crippen LogP contribution is 2.33. The number of alkyl halides is 3. The van der Waals surface area contributed by atoms with Gasteiger partial charge in [0.2, 0.25) is 5.91 Å². The Morgan fingerprint density at radius 3 is 2.29 bits per heavy atom. The Hall–Kier alpha value is -1.78. The fraction of sp³-hybridized carbons (Fsp3) is 0.250. The number of anilines is 1. The molecule has 0 aromatic heterocycles. The van der Waals surface area contributed by atoms with Crippen LogP contribution in [-0.2, 0) is 11.0 Å². The molecule has 1 aromatic rings. The molecule has 0 fully saturated rings. The van der Waals surface area contributed by atoms with Gasteiger partial charge in [-0.2, -0.15) is 13.2 Å². The Morgan fingerprint density at radius 1 is 1.29 bits per heavy atom. The van der Waals surface area contributed by atoms with Crippen LogP contribution >= 0.6 is 0 Å². The summed E-state index contributed by atoms with van der Waals surface area (Å²) in [6, 6.07) is 3.14. The molecule has 92 valence electrons. The van der Waals surface area contributed by atoms with Crippen LogP contribution in [0.1, 0.15) is 25.0 Å². The topological polar surface area (TPSA) is 29.1 Å². The molecule has 0 aliphatic rings. The van der Waals surface area contributed by atoms with Gasteiger partial charge in [-0.05, 0) is 30.7 Å². The van der Waals surface area contributed by atoms with E-state index in [-0.39, 0.29) is 11.5 Å². The number of hydrogen-bond donors (Lipinski definition) is 1. The first-order valence-electron chi connectivity index (χ1n) is 4.86. The van der Waals surface area contributed by atoms with E-state index >= 15 is 0 Å². The smallest absolute Gasteiger partial charge is 0.326 e. The molecule has 17 heavy (non-hydrogen) atoms. The van der Waals surface area contributed by atoms with Gasteiger partial charge in [-0.3, -0.25) is 4.79 Å². The zero-order valence-electron chi connectivity index (χ0n) is 9.48. The van der Waals surface area contributed by atoms with Crippen LogP contribution in [0.25, 0.3) is 5.57 Å². The summed E-state index contributed by atoms with van der Waals surface area (Å²) < 4.78 is 37.5. The highest BCUT2D eigenvalue weighted by Gasteiger charge is 2.31. The Kier molecular flexibility index (Phi) is 3.60. The molecule has 0 unspecified atom stereocenters. The van der Waals surface area contributed by atoms with Crippen molar-refractivity contribution in [3.63, 3.8) is 0 Å². The summed E-state index contributed by atoms with van der Waals surface area (Å²) in [5.74, 6) is -0.341. The number of nitrogens with one attached hydrogen (secondary N) is 1. The molecule has 0 aliphatic carbocycles. The van der Waals surface area contributed by atoms with Crippen molar-refractivity contribution in [3.05, 3.63) is 35.9 Å². The Balaban J connectivity index is 3.27. The second-order valence-electron chi connectivity index (χ2n) is 3.72. The molecule has 0 saturated heterocycles. The summed E-state index contributed by atoms with van der Waals surface area (Å²) in [4.78, 5) is 10.9. The maximum atomic E-state index is 12.5. The van der Waals surface area contributed by atoms with Crippen molar-refractivity contribution in [2.45, 2.75) is 20.0 Å². The van der Waals surface area contributed by atoms with Gasteiger partial charge in [0.25, 0.3) is 0 Å². The third-order valence-corrected chi connectivity index (χ3v) is 2.12. The lowest BCUT2D eigenvalue weighted by Crippen LogP contribution is -2.10. The molecule has 0 atom stereocenters. The average Bonchev–Trinajstić information content (AvgIpc) is 2.15. The van der Waals surface area contributed by atoms with Crippen LogP contribution in [0.5, 0.6) is 0 Å². The van der Waals surface area contributed by atoms with E-state index in [1.54, 1.807) is 6.92 Å². The zero-order chi connectivity index (χ0) is 13.2. The predicted octanol–water partition coefficient (Wildman–Crippen LogP) is 3.70. The maximum Gasteiger partial charge on any atom is 0.416 e. The Morgan fingerprint density at radius 2 is 1.88 bits per heavy atom. The van der Waals surface area contributed by atoms with Crippen molar-refractivity contribution >= 4 is 17.2 Å². The number of halogens is 3. The third-order valence-electron chi connectivity index (χ3n) is 2.12. The van der Waals surface area contributed by atoms with Crippen LogP contribution in [-0.4, -0.2) is 5.91 Å². The fourth-order valence-electron chi connectivity index (χ4n) is 1.37. The molecule has 0 heterocycles. The van der Waals surface area contributed by atoms with E-state index < -0.39 is 11.7 Å². The monoisotopic (exact) mass is 243 g/mol. The molecule has 5 heteroatoms. The molecule has 0 radical (unpaired) electrons. The molecular formula is C12H12F3NO. The summed E-state index contributed by atoms with van der Waals surface area (Å²) in [5, 5.41) is 2.47. The minimum absolute atomic E-state index is 0.287. The normalized spacial score (nSPS) is 11.1. The lowest BCUT2D eigenvalue weighted by Gasteiger charge is -2.13. The SMILES string of the molecule is C=C(C)c1cc(C(F)(F)F)ccc1NC(C)=O. The highest BCUT2D eigenvalue weighted by molar-refractivity contribution is 5.92. The lowest BCUT2D eigenvalue weighted by atomic mass is 10.0. The van der Waals surface area contributed by atoms with Crippen LogP contribution in [0.15, 0.2) is 24.8 Å². The van der Waals surface area contributed by atoms with Gasteiger partial charge in [0.05, 0.1) is 5.56 Å². The first-order chi connectivity index (χ1) is 7.71. The van der Waals surface area contributed by atoms with Gasteiger partial charge in [0, 0.05) is 18.2 Å². The van der Waals surface area contributed by atoms with Gasteiger partial charge in [-0.1, -0.05) is 6.58 Å². The van der Waals surface area contributed by atoms with Crippen molar-refractivity contribution in [3.8, 4) is 0 Å². The van der Waals surface area contributed by atoms with Crippen LogP contribution in [0.2, 0.25) is 0 Å². The van der Waals surface area contributed by atoms with Crippen molar-refractivity contribution in [1.82, 2.24) is 0 Å². The molecule has 0 spiro atoms. The van der Waals surface area contributed by atoms with Crippen LogP contribution in [0.4, 0.5) is 18.9 Å². The first kappa shape index (κ1) is 13.3. The highest BCUT2D eigenvalue weighted by atomic mass is 19.4. The number of allylic oxidation sites excluding steroid dienone is 1. The van der Waals surface area contributed by atoms with Crippen LogP contribution < -0.4 is 5.32 Å². The van der Waals surface area contributed by atoms with Gasteiger partial charge in [0.1, 0.15) is 0 Å². The number of carbonyl (C=O) groups excluding carboxylic acids is 1. The molecule has 0 saturated carbocycles. The molecule has 0 aliphatic heterocycles. The second kappa shape index (κ2) is 4.61. The van der Waals surface area contributed by atoms with Gasteiger partial charge in [-0.15, -0.1) is 0 Å². The molecule has 1 aromatic carbocycles. The molecule has 0 bridgehead atoms. The number of carbonyl (C=O) groups is 1. The van der Waals surface area contributed by atoms with E-state index in [1.165, 1.54) is 13.0 Å². The van der Waals surface area contributed by atoms with E-state index in [1.807, 2.05) is 0 Å². The standard InChI is InChI=1S/C12H12F3NO/c1-7(2)10-6-9(12(13,14)15)4-5-11(10)16-8(3)17/h4-6H,1H2,2-3H3,(H,16,17). The van der Waals surface area contributed by atoms with Gasteiger partial charge >= 0.3 is 6.18 Å². The van der Waals surface area contributed by atoms with Crippen molar-refractivity contribution < 1.29 is 18.0 Å². The minimum atomic E-state index is -4.40. The number of hydrogen-bond acceptors (Lipinski definition) is 1. The van der Waals surface area contributed by atoms with Crippen molar-refractivity contribution in [2.75, 3.05) is 5.32 Å². The molecule has 1 N–H and O–H groups in total. The third kappa shape index (κ3) is 3.34. The summed E-state index contributed by atoms with van der Waals surface area (Å²) in [5.41, 5.74) is 0.317. The summed E-state index contributed by atoms with van der Waals surface area (Å²) in [7, 11) is 0. The van der Waals surface area contributed by atoms with Gasteiger partial charge in [-0.25, -0.2) is 0 Å². The Labute approximate surface area is 97.1 Å². The second-order valence-corrected chi connectivity index (χ2v) is 3.72. The van der Waals surface area contributed by atoms with Crippen LogP contribution in [0, 0.1) is 0 Å². The molecule has 1 amide bonds. The van der Waals surface area contributed by atoms with E-state index in [2.05, 4.69) is 11.9 Å². The molecule has 1 rings (SSSR count). The molecular weight excluding hydrogens is 231 g/mol. The number of amides is 1. The van der Waals surface area contributed by atoms with Gasteiger partial charge < -0.3 is 5.32 Å². The first-order valence-corrected chi connectivity index (χ1v) is 4.86. The van der Waals surface area contributed by atoms with E-state index in [4.69, 9.17) is 0 Å². The minimum Gasteiger partial charge on any atom is -0.326 e. The van der Waals surface area contributed by atoms with E-state index in [9.17, 15) is 18.0 Å². The summed E-state index contributed by atoms with van der Waals surface area (Å²) >= 11 is 0. The maximum absolute atomic E-state index is 12.5. The summed E-state index contributed by atoms with van der Waals surface area (Å²) in [6.07, 6.45) is -4.40. The average molecular weight is 243 g/mol. The summed E-state index contributed by atoms with van der Waals surface area (Å²) in [6.45, 7) is 6.47. The van der Waals surface area contributed by atoms with Crippen molar-refractivity contribution in [2.24, 2.45) is 0 Å². The number of benzene rings is 1. The lowest BCUT2D eigenvalue weighted by molar-refractivity contribution is -0.137. The Bertz CT molecular complexity index is 463. The quantitative estimate of drug-likeness (QED) is 0.843. The largest absolute Gasteiger partial charge is 0.416 e. The predicted molar refractivity (Wildman–Crippen MR) is 60.5 cm³/mol. The zero-order valence-corrected chi connectivity index (χ0v) is 9.48. The van der Waals surface area contributed by atoms with Crippen molar-refractivity contribution in [1.29, 1.82) is 0 Å². The van der Waals surface area contributed by atoms with E-state index in [0.29, 0.717) is 11.3 Å². The van der Waals surface area contributed by atoms with Crippen LogP contribution in [0.3, 0.4) is 0 Å². The molecule has 2 nitrogen and oxygen atoms in total. The van der Waals surface area contributed by atoms with E-state index in [0.717, 1.165) is 12.1 Å².